The molecule has 2 aromatic rings. The lowest BCUT2D eigenvalue weighted by atomic mass is 10.1. The zero-order valence-corrected chi connectivity index (χ0v) is 13.6. The molecule has 6 nitrogen and oxygen atoms in total. The number of H-pyrrole nitrogens is 1. The first kappa shape index (κ1) is 14.6. The Labute approximate surface area is 138 Å². The van der Waals surface area contributed by atoms with Crippen LogP contribution in [0.5, 0.6) is 11.5 Å². The molecule has 0 spiro atoms. The van der Waals surface area contributed by atoms with Gasteiger partial charge in [0.15, 0.2) is 11.5 Å². The lowest BCUT2D eigenvalue weighted by Crippen LogP contribution is -2.24. The van der Waals surface area contributed by atoms with Gasteiger partial charge >= 0.3 is 0 Å². The van der Waals surface area contributed by atoms with Gasteiger partial charge in [-0.05, 0) is 31.2 Å². The molecule has 2 aromatic heterocycles. The van der Waals surface area contributed by atoms with Crippen molar-refractivity contribution in [2.75, 3.05) is 13.2 Å². The fraction of sp³-hybridized carbons (Fsp3) is 0.500. The first-order valence-corrected chi connectivity index (χ1v) is 8.91. The topological polar surface area (TPSA) is 76.2 Å². The number of aromatic amines is 1. The Hall–Kier alpha value is -2.02. The first-order valence-electron chi connectivity index (χ1n) is 8.03. The van der Waals surface area contributed by atoms with Crippen molar-refractivity contribution in [1.82, 2.24) is 15.5 Å². The summed E-state index contributed by atoms with van der Waals surface area (Å²) in [5, 5.41) is 12.3. The average molecular weight is 333 g/mol. The number of nitrogens with one attached hydrogen (secondary N) is 2. The number of fused-ring (bicyclic) bond motifs is 2. The van der Waals surface area contributed by atoms with Gasteiger partial charge in [-0.1, -0.05) is 6.42 Å². The highest BCUT2D eigenvalue weighted by Gasteiger charge is 2.24. The van der Waals surface area contributed by atoms with Crippen LogP contribution in [0.2, 0.25) is 0 Å². The van der Waals surface area contributed by atoms with Crippen LogP contribution < -0.4 is 14.8 Å². The van der Waals surface area contributed by atoms with Gasteiger partial charge in [-0.25, -0.2) is 0 Å². The molecule has 4 rings (SSSR count). The predicted molar refractivity (Wildman–Crippen MR) is 86.3 cm³/mol. The van der Waals surface area contributed by atoms with Crippen molar-refractivity contribution < 1.29 is 14.3 Å². The second kappa shape index (κ2) is 6.23. The van der Waals surface area contributed by atoms with Gasteiger partial charge in [0.05, 0.1) is 12.2 Å². The van der Waals surface area contributed by atoms with Gasteiger partial charge in [0.25, 0.3) is 5.91 Å². The van der Waals surface area contributed by atoms with Gasteiger partial charge in [0.2, 0.25) is 0 Å². The van der Waals surface area contributed by atoms with Crippen molar-refractivity contribution in [1.29, 1.82) is 0 Å². The molecule has 0 bridgehead atoms. The number of rotatable bonds is 3. The summed E-state index contributed by atoms with van der Waals surface area (Å²) in [6.07, 6.45) is 5.76. The Balaban J connectivity index is 1.46. The third-order valence-corrected chi connectivity index (χ3v) is 5.25. The van der Waals surface area contributed by atoms with Crippen LogP contribution in [-0.2, 0) is 19.4 Å². The van der Waals surface area contributed by atoms with Crippen molar-refractivity contribution >= 4 is 17.2 Å². The molecule has 1 amide bonds. The summed E-state index contributed by atoms with van der Waals surface area (Å²) in [4.78, 5) is 13.0. The van der Waals surface area contributed by atoms with Gasteiger partial charge in [-0.15, -0.1) is 11.3 Å². The Bertz CT molecular complexity index is 722. The van der Waals surface area contributed by atoms with E-state index in [0.717, 1.165) is 18.5 Å². The number of hydrogen-bond donors (Lipinski definition) is 2. The van der Waals surface area contributed by atoms with Crippen molar-refractivity contribution in [2.24, 2.45) is 0 Å². The molecule has 122 valence electrons. The second-order valence-corrected chi connectivity index (χ2v) is 6.71. The van der Waals surface area contributed by atoms with Crippen LogP contribution >= 0.6 is 11.3 Å². The molecule has 0 aromatic carbocycles. The molecule has 3 heterocycles. The minimum atomic E-state index is -0.132. The zero-order chi connectivity index (χ0) is 15.6. The van der Waals surface area contributed by atoms with Crippen LogP contribution in [0.4, 0.5) is 0 Å². The Morgan fingerprint density at radius 3 is 3.09 bits per heavy atom. The van der Waals surface area contributed by atoms with E-state index in [9.17, 15) is 4.79 Å². The summed E-state index contributed by atoms with van der Waals surface area (Å²) >= 11 is 1.35. The van der Waals surface area contributed by atoms with Crippen LogP contribution in [-0.4, -0.2) is 29.3 Å². The highest BCUT2D eigenvalue weighted by atomic mass is 32.1. The number of amides is 1. The third kappa shape index (κ3) is 2.81. The smallest absolute Gasteiger partial charge is 0.265 e. The zero-order valence-electron chi connectivity index (χ0n) is 12.8. The van der Waals surface area contributed by atoms with E-state index in [1.807, 2.05) is 5.38 Å². The fourth-order valence-corrected chi connectivity index (χ4v) is 3.98. The molecule has 0 unspecified atom stereocenters. The van der Waals surface area contributed by atoms with Crippen molar-refractivity contribution in [3.63, 3.8) is 0 Å². The highest BCUT2D eigenvalue weighted by Crippen LogP contribution is 2.39. The van der Waals surface area contributed by atoms with Gasteiger partial charge in [0, 0.05) is 11.1 Å². The molecule has 0 atom stereocenters. The molecule has 0 radical (unpaired) electrons. The number of aromatic nitrogens is 2. The fourth-order valence-electron chi connectivity index (χ4n) is 3.14. The SMILES string of the molecule is O=C(NCc1n[nH]c2c1CCCCC2)c1scc2c1OCCO2. The Morgan fingerprint density at radius 2 is 2.13 bits per heavy atom. The average Bonchev–Trinajstić information content (AvgIpc) is 3.10. The maximum Gasteiger partial charge on any atom is 0.265 e. The van der Waals surface area contributed by atoms with E-state index in [1.165, 1.54) is 41.9 Å². The van der Waals surface area contributed by atoms with Crippen LogP contribution in [0, 0.1) is 0 Å². The number of thiophene rings is 1. The number of carbonyl (C=O) groups excluding carboxylic acids is 1. The van der Waals surface area contributed by atoms with Crippen LogP contribution in [0.25, 0.3) is 0 Å². The molecule has 2 N–H and O–H groups in total. The quantitative estimate of drug-likeness (QED) is 0.846. The van der Waals surface area contributed by atoms with Crippen LogP contribution in [0.3, 0.4) is 0 Å². The standard InChI is InChI=1S/C16H19N3O3S/c20-16(15-14-13(9-23-15)21-6-7-22-14)17-8-12-10-4-2-1-3-5-11(10)18-19-12/h9H,1-8H2,(H,17,20)(H,18,19). The summed E-state index contributed by atoms with van der Waals surface area (Å²) in [6, 6.07) is 0. The summed E-state index contributed by atoms with van der Waals surface area (Å²) in [7, 11) is 0. The molecule has 1 aliphatic heterocycles. The van der Waals surface area contributed by atoms with E-state index < -0.39 is 0 Å². The Morgan fingerprint density at radius 1 is 1.26 bits per heavy atom. The maximum absolute atomic E-state index is 12.4. The van der Waals surface area contributed by atoms with Crippen molar-refractivity contribution in [3.05, 3.63) is 27.2 Å². The molecule has 7 heteroatoms. The molecule has 0 saturated carbocycles. The molecule has 0 fully saturated rings. The minimum Gasteiger partial charge on any atom is -0.485 e. The number of hydrogen-bond acceptors (Lipinski definition) is 5. The molecular weight excluding hydrogens is 314 g/mol. The summed E-state index contributed by atoms with van der Waals surface area (Å²) in [6.45, 7) is 1.46. The number of aryl methyl sites for hydroxylation is 1. The normalized spacial score (nSPS) is 16.5. The predicted octanol–water partition coefficient (Wildman–Crippen LogP) is 2.44. The van der Waals surface area contributed by atoms with Gasteiger partial charge in [-0.3, -0.25) is 9.89 Å². The highest BCUT2D eigenvalue weighted by molar-refractivity contribution is 7.12. The van der Waals surface area contributed by atoms with Gasteiger partial charge in [-0.2, -0.15) is 5.10 Å². The minimum absolute atomic E-state index is 0.132. The molecule has 1 aliphatic carbocycles. The molecule has 23 heavy (non-hydrogen) atoms. The van der Waals surface area contributed by atoms with Crippen LogP contribution in [0.15, 0.2) is 5.38 Å². The Kier molecular flexibility index (Phi) is 3.95. The van der Waals surface area contributed by atoms with Gasteiger partial charge in [0.1, 0.15) is 18.1 Å². The molecule has 0 saturated heterocycles. The first-order chi connectivity index (χ1) is 11.3. The lowest BCUT2D eigenvalue weighted by Gasteiger charge is -2.15. The number of ether oxygens (including phenoxy) is 2. The summed E-state index contributed by atoms with van der Waals surface area (Å²) < 4.78 is 11.0. The third-order valence-electron chi connectivity index (χ3n) is 4.32. The van der Waals surface area contributed by atoms with E-state index in [-0.39, 0.29) is 5.91 Å². The summed E-state index contributed by atoms with van der Waals surface area (Å²) in [5.74, 6) is 1.10. The monoisotopic (exact) mass is 333 g/mol. The van der Waals surface area contributed by atoms with E-state index >= 15 is 0 Å². The van der Waals surface area contributed by atoms with E-state index in [2.05, 4.69) is 15.5 Å². The lowest BCUT2D eigenvalue weighted by molar-refractivity contribution is 0.0945. The van der Waals surface area contributed by atoms with E-state index in [1.54, 1.807) is 0 Å². The van der Waals surface area contributed by atoms with Gasteiger partial charge < -0.3 is 14.8 Å². The maximum atomic E-state index is 12.4. The van der Waals surface area contributed by atoms with Crippen molar-refractivity contribution in [2.45, 2.75) is 38.6 Å². The van der Waals surface area contributed by atoms with E-state index in [0.29, 0.717) is 36.1 Å². The second-order valence-electron chi connectivity index (χ2n) is 5.83. The number of carbonyl (C=O) groups is 1. The number of nitrogens with zero attached hydrogens (tertiary/aromatic N) is 1. The van der Waals surface area contributed by atoms with E-state index in [4.69, 9.17) is 9.47 Å². The molecular formula is C16H19N3O3S. The largest absolute Gasteiger partial charge is 0.485 e. The van der Waals surface area contributed by atoms with Crippen molar-refractivity contribution in [3.8, 4) is 11.5 Å². The summed E-state index contributed by atoms with van der Waals surface area (Å²) in [5.41, 5.74) is 3.48. The van der Waals surface area contributed by atoms with Crippen LogP contribution in [0.1, 0.15) is 45.9 Å². The molecule has 2 aliphatic rings.